The molecule has 2 heterocycles. The van der Waals surface area contributed by atoms with Crippen LogP contribution < -0.4 is 4.73 Å². The summed E-state index contributed by atoms with van der Waals surface area (Å²) in [6, 6.07) is 7.70. The van der Waals surface area contributed by atoms with Crippen LogP contribution in [0.5, 0.6) is 0 Å². The van der Waals surface area contributed by atoms with Crippen molar-refractivity contribution in [2.45, 2.75) is 4.90 Å². The Morgan fingerprint density at radius 3 is 2.32 bits per heavy atom. The van der Waals surface area contributed by atoms with Crippen LogP contribution in [-0.2, 0) is 10.0 Å². The van der Waals surface area contributed by atoms with Gasteiger partial charge in [0.05, 0.1) is 10.5 Å². The van der Waals surface area contributed by atoms with Crippen molar-refractivity contribution in [1.29, 1.82) is 0 Å². The maximum absolute atomic E-state index is 13.3. The SMILES string of the molecule is O=C(c1cc[n+]([O-])cc1)N1CCN(S(=O)(=O)c2cccc(F)c2)CC1. The van der Waals surface area contributed by atoms with Crippen molar-refractivity contribution in [3.8, 4) is 0 Å². The summed E-state index contributed by atoms with van der Waals surface area (Å²) in [5.41, 5.74) is 0.369. The quantitative estimate of drug-likeness (QED) is 0.589. The second-order valence-electron chi connectivity index (χ2n) is 5.60. The van der Waals surface area contributed by atoms with Gasteiger partial charge in [0.1, 0.15) is 5.82 Å². The first-order valence-corrected chi connectivity index (χ1v) is 9.06. The molecule has 1 aliphatic heterocycles. The minimum absolute atomic E-state index is 0.102. The van der Waals surface area contributed by atoms with Gasteiger partial charge < -0.3 is 10.1 Å². The molecule has 1 saturated heterocycles. The standard InChI is InChI=1S/C16H16FN3O4S/c17-14-2-1-3-15(12-14)25(23,24)20-10-8-18(9-11-20)16(21)13-4-6-19(22)7-5-13/h1-7,12H,8-11H2. The fourth-order valence-corrected chi connectivity index (χ4v) is 4.10. The van der Waals surface area contributed by atoms with Gasteiger partial charge in [-0.05, 0) is 18.2 Å². The van der Waals surface area contributed by atoms with E-state index in [0.29, 0.717) is 10.3 Å². The van der Waals surface area contributed by atoms with Crippen molar-refractivity contribution in [3.63, 3.8) is 0 Å². The number of aromatic nitrogens is 1. The van der Waals surface area contributed by atoms with Gasteiger partial charge in [-0.3, -0.25) is 4.79 Å². The molecule has 1 aromatic heterocycles. The second kappa shape index (κ2) is 6.77. The van der Waals surface area contributed by atoms with Crippen LogP contribution >= 0.6 is 0 Å². The molecule has 0 radical (unpaired) electrons. The van der Waals surface area contributed by atoms with Gasteiger partial charge in [-0.1, -0.05) is 6.07 Å². The molecule has 2 aromatic rings. The maximum atomic E-state index is 13.3. The molecule has 0 spiro atoms. The lowest BCUT2D eigenvalue weighted by Crippen LogP contribution is -2.50. The van der Waals surface area contributed by atoms with Crippen LogP contribution in [0, 0.1) is 11.0 Å². The third kappa shape index (κ3) is 3.62. The summed E-state index contributed by atoms with van der Waals surface area (Å²) in [6.45, 7) is 0.692. The number of nitrogens with zero attached hydrogens (tertiary/aromatic N) is 3. The van der Waals surface area contributed by atoms with E-state index in [1.54, 1.807) is 0 Å². The third-order valence-electron chi connectivity index (χ3n) is 4.01. The predicted molar refractivity (Wildman–Crippen MR) is 86.5 cm³/mol. The number of benzene rings is 1. The first-order valence-electron chi connectivity index (χ1n) is 7.62. The Morgan fingerprint density at radius 2 is 1.72 bits per heavy atom. The van der Waals surface area contributed by atoms with Gasteiger partial charge >= 0.3 is 0 Å². The third-order valence-corrected chi connectivity index (χ3v) is 5.90. The van der Waals surface area contributed by atoms with Gasteiger partial charge in [0, 0.05) is 38.3 Å². The molecule has 132 valence electrons. The molecule has 1 amide bonds. The van der Waals surface area contributed by atoms with Crippen molar-refractivity contribution < 1.29 is 22.3 Å². The molecule has 0 bridgehead atoms. The Kier molecular flexibility index (Phi) is 4.69. The van der Waals surface area contributed by atoms with Crippen LogP contribution in [0.15, 0.2) is 53.7 Å². The number of pyridine rings is 1. The number of sulfonamides is 1. The molecule has 25 heavy (non-hydrogen) atoms. The van der Waals surface area contributed by atoms with Gasteiger partial charge in [-0.2, -0.15) is 9.04 Å². The molecule has 0 unspecified atom stereocenters. The van der Waals surface area contributed by atoms with Crippen LogP contribution in [0.1, 0.15) is 10.4 Å². The van der Waals surface area contributed by atoms with Crippen LogP contribution in [0.2, 0.25) is 0 Å². The molecule has 9 heteroatoms. The normalized spacial score (nSPS) is 16.0. The Balaban J connectivity index is 1.69. The summed E-state index contributed by atoms with van der Waals surface area (Å²) >= 11 is 0. The van der Waals surface area contributed by atoms with E-state index in [-0.39, 0.29) is 37.0 Å². The van der Waals surface area contributed by atoms with E-state index < -0.39 is 15.8 Å². The number of hydrogen-bond acceptors (Lipinski definition) is 4. The Morgan fingerprint density at radius 1 is 1.08 bits per heavy atom. The fraction of sp³-hybridized carbons (Fsp3) is 0.250. The van der Waals surface area contributed by atoms with Crippen molar-refractivity contribution in [1.82, 2.24) is 9.21 Å². The predicted octanol–water partition coefficient (Wildman–Crippen LogP) is 0.606. The van der Waals surface area contributed by atoms with E-state index in [1.807, 2.05) is 0 Å². The first kappa shape index (κ1) is 17.3. The molecule has 1 aliphatic rings. The molecule has 1 fully saturated rings. The monoisotopic (exact) mass is 365 g/mol. The van der Waals surface area contributed by atoms with Gasteiger partial charge in [0.25, 0.3) is 5.91 Å². The number of piperazine rings is 1. The first-order chi connectivity index (χ1) is 11.9. The zero-order valence-corrected chi connectivity index (χ0v) is 14.0. The Labute approximate surface area is 144 Å². The highest BCUT2D eigenvalue weighted by Crippen LogP contribution is 2.19. The molecule has 7 nitrogen and oxygen atoms in total. The minimum Gasteiger partial charge on any atom is -0.619 e. The molecule has 3 rings (SSSR count). The van der Waals surface area contributed by atoms with E-state index in [4.69, 9.17) is 0 Å². The summed E-state index contributed by atoms with van der Waals surface area (Å²) in [4.78, 5) is 13.8. The van der Waals surface area contributed by atoms with E-state index in [9.17, 15) is 22.8 Å². The fourth-order valence-electron chi connectivity index (χ4n) is 2.65. The highest BCUT2D eigenvalue weighted by Gasteiger charge is 2.30. The molecule has 0 N–H and O–H groups in total. The summed E-state index contributed by atoms with van der Waals surface area (Å²) < 4.78 is 40.2. The number of amides is 1. The van der Waals surface area contributed by atoms with Crippen molar-refractivity contribution >= 4 is 15.9 Å². The van der Waals surface area contributed by atoms with Gasteiger partial charge in [-0.25, -0.2) is 12.8 Å². The van der Waals surface area contributed by atoms with Crippen molar-refractivity contribution in [2.75, 3.05) is 26.2 Å². The Hall–Kier alpha value is -2.52. The number of carbonyl (C=O) groups excluding carboxylic acids is 1. The number of rotatable bonds is 3. The maximum Gasteiger partial charge on any atom is 0.254 e. The minimum atomic E-state index is -3.79. The van der Waals surface area contributed by atoms with Gasteiger partial charge in [-0.15, -0.1) is 0 Å². The summed E-state index contributed by atoms with van der Waals surface area (Å²) in [6.07, 6.45) is 2.47. The molecule has 0 saturated carbocycles. The summed E-state index contributed by atoms with van der Waals surface area (Å²) in [5, 5.41) is 11.0. The second-order valence-corrected chi connectivity index (χ2v) is 7.54. The molecule has 0 atom stereocenters. The lowest BCUT2D eigenvalue weighted by atomic mass is 10.2. The Bertz CT molecular complexity index is 879. The summed E-state index contributed by atoms with van der Waals surface area (Å²) in [5.74, 6) is -0.877. The van der Waals surface area contributed by atoms with E-state index >= 15 is 0 Å². The lowest BCUT2D eigenvalue weighted by Gasteiger charge is -2.34. The zero-order valence-electron chi connectivity index (χ0n) is 13.2. The summed E-state index contributed by atoms with van der Waals surface area (Å²) in [7, 11) is -3.79. The molecule has 0 aliphatic carbocycles. The largest absolute Gasteiger partial charge is 0.619 e. The smallest absolute Gasteiger partial charge is 0.254 e. The molecule has 1 aromatic carbocycles. The molecular formula is C16H16FN3O4S. The average Bonchev–Trinajstić information content (AvgIpc) is 2.62. The molecular weight excluding hydrogens is 349 g/mol. The zero-order chi connectivity index (χ0) is 18.0. The number of hydrogen-bond donors (Lipinski definition) is 0. The van der Waals surface area contributed by atoms with Crippen LogP contribution in [0.3, 0.4) is 0 Å². The van der Waals surface area contributed by atoms with Crippen LogP contribution in [-0.4, -0.2) is 49.7 Å². The average molecular weight is 365 g/mol. The van der Waals surface area contributed by atoms with Gasteiger partial charge in [0.15, 0.2) is 12.4 Å². The van der Waals surface area contributed by atoms with Gasteiger partial charge in [0.2, 0.25) is 10.0 Å². The number of halogens is 1. The van der Waals surface area contributed by atoms with E-state index in [0.717, 1.165) is 6.07 Å². The van der Waals surface area contributed by atoms with Crippen molar-refractivity contribution in [2.24, 2.45) is 0 Å². The highest BCUT2D eigenvalue weighted by atomic mass is 32.2. The van der Waals surface area contributed by atoms with Crippen molar-refractivity contribution in [3.05, 3.63) is 65.4 Å². The van der Waals surface area contributed by atoms with Crippen LogP contribution in [0.4, 0.5) is 4.39 Å². The topological polar surface area (TPSA) is 84.6 Å². The van der Waals surface area contributed by atoms with E-state index in [1.165, 1.54) is 51.9 Å². The highest BCUT2D eigenvalue weighted by molar-refractivity contribution is 7.89. The lowest BCUT2D eigenvalue weighted by molar-refractivity contribution is -0.605. The van der Waals surface area contributed by atoms with Crippen LogP contribution in [0.25, 0.3) is 0 Å². The number of carbonyl (C=O) groups is 1. The van der Waals surface area contributed by atoms with E-state index in [2.05, 4.69) is 0 Å².